The highest BCUT2D eigenvalue weighted by molar-refractivity contribution is 5.44. The van der Waals surface area contributed by atoms with Crippen molar-refractivity contribution >= 4 is 0 Å². The molecular formula is C25H32O8. The average molecular weight is 461 g/mol. The van der Waals surface area contributed by atoms with Crippen molar-refractivity contribution in [3.63, 3.8) is 0 Å². The van der Waals surface area contributed by atoms with Gasteiger partial charge in [0, 0.05) is 0 Å². The summed E-state index contributed by atoms with van der Waals surface area (Å²) >= 11 is 0. The molecular weight excluding hydrogens is 428 g/mol. The SMILES string of the molecule is OCC1OC(OC2CCCCc3ccc(c(O)c3)Oc3ccc(cc3)CC2)C(O)C(O)C1O. The molecule has 0 saturated carbocycles. The zero-order valence-electron chi connectivity index (χ0n) is 18.4. The maximum absolute atomic E-state index is 10.4. The van der Waals surface area contributed by atoms with Gasteiger partial charge < -0.3 is 39.7 Å². The first-order valence-corrected chi connectivity index (χ1v) is 11.5. The third-order valence-electron chi connectivity index (χ3n) is 6.35. The molecule has 4 aliphatic rings. The summed E-state index contributed by atoms with van der Waals surface area (Å²) in [6.07, 6.45) is -2.08. The quantitative estimate of drug-likeness (QED) is 0.471. The number of rotatable bonds is 3. The molecule has 4 aliphatic heterocycles. The Balaban J connectivity index is 1.49. The van der Waals surface area contributed by atoms with E-state index in [2.05, 4.69) is 0 Å². The number of fused-ring (bicyclic) bond motifs is 2. The molecule has 4 heterocycles. The topological polar surface area (TPSA) is 129 Å². The van der Waals surface area contributed by atoms with Crippen LogP contribution in [0.3, 0.4) is 0 Å². The van der Waals surface area contributed by atoms with Gasteiger partial charge in [0.2, 0.25) is 0 Å². The molecule has 33 heavy (non-hydrogen) atoms. The van der Waals surface area contributed by atoms with E-state index < -0.39 is 37.3 Å². The Morgan fingerprint density at radius 3 is 2.33 bits per heavy atom. The molecule has 6 rings (SSSR count). The van der Waals surface area contributed by atoms with E-state index in [-0.39, 0.29) is 11.9 Å². The Kier molecular flexibility index (Phi) is 7.85. The molecule has 0 aliphatic carbocycles. The maximum Gasteiger partial charge on any atom is 0.186 e. The van der Waals surface area contributed by atoms with Crippen LogP contribution in [0.4, 0.5) is 0 Å². The summed E-state index contributed by atoms with van der Waals surface area (Å²) < 4.78 is 17.4. The minimum Gasteiger partial charge on any atom is -0.504 e. The van der Waals surface area contributed by atoms with Gasteiger partial charge in [-0.1, -0.05) is 24.6 Å². The minimum absolute atomic E-state index is 0.104. The summed E-state index contributed by atoms with van der Waals surface area (Å²) in [6, 6.07) is 13.0. The highest BCUT2D eigenvalue weighted by Gasteiger charge is 2.44. The summed E-state index contributed by atoms with van der Waals surface area (Å²) in [4.78, 5) is 0. The number of phenols is 1. The van der Waals surface area contributed by atoms with E-state index >= 15 is 0 Å². The fourth-order valence-corrected chi connectivity index (χ4v) is 4.33. The molecule has 1 saturated heterocycles. The predicted octanol–water partition coefficient (Wildman–Crippen LogP) is 2.03. The summed E-state index contributed by atoms with van der Waals surface area (Å²) in [7, 11) is 0. The average Bonchev–Trinajstić information content (AvgIpc) is 2.82. The second kappa shape index (κ2) is 10.8. The van der Waals surface area contributed by atoms with Crippen molar-refractivity contribution < 1.29 is 39.7 Å². The minimum atomic E-state index is -1.46. The van der Waals surface area contributed by atoms with Gasteiger partial charge in [0.05, 0.1) is 12.7 Å². The van der Waals surface area contributed by atoms with E-state index in [1.54, 1.807) is 12.1 Å². The van der Waals surface area contributed by atoms with Gasteiger partial charge >= 0.3 is 0 Å². The first-order chi connectivity index (χ1) is 15.9. The lowest BCUT2D eigenvalue weighted by molar-refractivity contribution is -0.312. The van der Waals surface area contributed by atoms with Crippen molar-refractivity contribution in [2.45, 2.75) is 75.3 Å². The molecule has 2 aromatic rings. The molecule has 6 unspecified atom stereocenters. The third kappa shape index (κ3) is 5.84. The zero-order valence-corrected chi connectivity index (χ0v) is 18.4. The Labute approximate surface area is 193 Å². The normalized spacial score (nSPS) is 30.8. The van der Waals surface area contributed by atoms with Crippen LogP contribution in [-0.4, -0.2) is 68.9 Å². The third-order valence-corrected chi connectivity index (χ3v) is 6.35. The van der Waals surface area contributed by atoms with Gasteiger partial charge in [0.25, 0.3) is 0 Å². The molecule has 1 fully saturated rings. The number of aryl methyl sites for hydroxylation is 2. The van der Waals surface area contributed by atoms with Gasteiger partial charge in [-0.2, -0.15) is 0 Å². The fourth-order valence-electron chi connectivity index (χ4n) is 4.33. The van der Waals surface area contributed by atoms with Crippen LogP contribution in [-0.2, 0) is 22.3 Å². The van der Waals surface area contributed by atoms with Crippen LogP contribution in [0, 0.1) is 0 Å². The van der Waals surface area contributed by atoms with Gasteiger partial charge in [0.15, 0.2) is 17.8 Å². The second-order valence-corrected chi connectivity index (χ2v) is 8.79. The Morgan fingerprint density at radius 1 is 0.848 bits per heavy atom. The van der Waals surface area contributed by atoms with Crippen LogP contribution in [0.2, 0.25) is 0 Å². The number of ether oxygens (including phenoxy) is 3. The van der Waals surface area contributed by atoms with Crippen LogP contribution < -0.4 is 4.74 Å². The van der Waals surface area contributed by atoms with Crippen molar-refractivity contribution in [3.05, 3.63) is 53.6 Å². The summed E-state index contributed by atoms with van der Waals surface area (Å²) in [6.45, 7) is -0.491. The summed E-state index contributed by atoms with van der Waals surface area (Å²) in [5.74, 6) is 1.15. The highest BCUT2D eigenvalue weighted by Crippen LogP contribution is 2.33. The summed E-state index contributed by atoms with van der Waals surface area (Å²) in [5, 5.41) is 50.2. The van der Waals surface area contributed by atoms with Gasteiger partial charge in [-0.3, -0.25) is 0 Å². The molecule has 0 spiro atoms. The molecule has 180 valence electrons. The second-order valence-electron chi connectivity index (χ2n) is 8.79. The molecule has 2 aromatic carbocycles. The van der Waals surface area contributed by atoms with E-state index in [0.29, 0.717) is 24.3 Å². The van der Waals surface area contributed by atoms with Gasteiger partial charge in [-0.25, -0.2) is 0 Å². The van der Waals surface area contributed by atoms with E-state index in [0.717, 1.165) is 36.8 Å². The van der Waals surface area contributed by atoms with Gasteiger partial charge in [-0.15, -0.1) is 0 Å². The van der Waals surface area contributed by atoms with Crippen molar-refractivity contribution in [3.8, 4) is 17.2 Å². The number of phenolic OH excluding ortho intramolecular Hbond substituents is 1. The maximum atomic E-state index is 10.4. The van der Waals surface area contributed by atoms with Crippen LogP contribution >= 0.6 is 0 Å². The number of aliphatic hydroxyl groups excluding tert-OH is 4. The Morgan fingerprint density at radius 2 is 1.61 bits per heavy atom. The lowest BCUT2D eigenvalue weighted by Crippen LogP contribution is -2.59. The first-order valence-electron chi connectivity index (χ1n) is 11.5. The number of hydrogen-bond donors (Lipinski definition) is 5. The zero-order chi connectivity index (χ0) is 23.4. The largest absolute Gasteiger partial charge is 0.504 e. The van der Waals surface area contributed by atoms with Crippen LogP contribution in [0.1, 0.15) is 36.8 Å². The monoisotopic (exact) mass is 460 g/mol. The molecule has 6 atom stereocenters. The van der Waals surface area contributed by atoms with Gasteiger partial charge in [0.1, 0.15) is 30.2 Å². The molecule has 5 N–H and O–H groups in total. The standard InChI is InChI=1S/C25H32O8/c26-14-21-22(28)23(29)24(30)25(33-21)32-17-4-2-1-3-16-8-12-20(19(27)13-16)31-18-10-6-15(5-9-17)7-11-18/h6-8,10-13,17,21-30H,1-5,9,14H2. The Hall–Kier alpha value is -2.20. The van der Waals surface area contributed by atoms with Crippen LogP contribution in [0.15, 0.2) is 42.5 Å². The smallest absolute Gasteiger partial charge is 0.186 e. The first kappa shape index (κ1) is 23.9. The van der Waals surface area contributed by atoms with Crippen LogP contribution in [0.5, 0.6) is 17.2 Å². The molecule has 0 aromatic heterocycles. The lowest BCUT2D eigenvalue weighted by Gasteiger charge is -2.41. The van der Waals surface area contributed by atoms with E-state index in [4.69, 9.17) is 14.2 Å². The van der Waals surface area contributed by atoms with Gasteiger partial charge in [-0.05, 0) is 67.5 Å². The van der Waals surface area contributed by atoms with Crippen LogP contribution in [0.25, 0.3) is 0 Å². The predicted molar refractivity (Wildman–Crippen MR) is 119 cm³/mol. The van der Waals surface area contributed by atoms with E-state index in [1.165, 1.54) is 0 Å². The molecule has 0 radical (unpaired) electrons. The van der Waals surface area contributed by atoms with E-state index in [1.807, 2.05) is 30.3 Å². The number of benzene rings is 2. The lowest BCUT2D eigenvalue weighted by atomic mass is 9.98. The molecule has 4 bridgehead atoms. The van der Waals surface area contributed by atoms with Crippen molar-refractivity contribution in [2.24, 2.45) is 0 Å². The Bertz CT molecular complexity index is 900. The highest BCUT2D eigenvalue weighted by atomic mass is 16.7. The molecule has 8 heteroatoms. The van der Waals surface area contributed by atoms with Crippen molar-refractivity contribution in [1.29, 1.82) is 0 Å². The fraction of sp³-hybridized carbons (Fsp3) is 0.520. The summed E-state index contributed by atoms with van der Waals surface area (Å²) in [5.41, 5.74) is 2.09. The van der Waals surface area contributed by atoms with Crippen molar-refractivity contribution in [2.75, 3.05) is 6.61 Å². The molecule has 0 amide bonds. The van der Waals surface area contributed by atoms with Crippen molar-refractivity contribution in [1.82, 2.24) is 0 Å². The number of aliphatic hydroxyl groups is 4. The molecule has 8 nitrogen and oxygen atoms in total. The number of aromatic hydroxyl groups is 1. The van der Waals surface area contributed by atoms with E-state index in [9.17, 15) is 25.5 Å². The number of hydrogen-bond acceptors (Lipinski definition) is 8.